The quantitative estimate of drug-likeness (QED) is 0.771. The molecule has 0 aromatic heterocycles. The summed E-state index contributed by atoms with van der Waals surface area (Å²) in [5.74, 6) is 0.191. The van der Waals surface area contributed by atoms with Crippen molar-refractivity contribution in [1.29, 1.82) is 0 Å². The van der Waals surface area contributed by atoms with Crippen LogP contribution in [0, 0.1) is 0 Å². The first-order valence-corrected chi connectivity index (χ1v) is 6.01. The molecule has 1 aromatic carbocycles. The summed E-state index contributed by atoms with van der Waals surface area (Å²) in [5, 5.41) is 2.88. The number of anilines is 1. The van der Waals surface area contributed by atoms with E-state index < -0.39 is 11.7 Å². The lowest BCUT2D eigenvalue weighted by atomic mass is 10.1. The smallest absolute Gasteiger partial charge is 0.418 e. The van der Waals surface area contributed by atoms with Gasteiger partial charge in [0, 0.05) is 11.7 Å². The van der Waals surface area contributed by atoms with Crippen molar-refractivity contribution in [3.63, 3.8) is 0 Å². The Kier molecular flexibility index (Phi) is 5.27. The molecule has 0 radical (unpaired) electrons. The van der Waals surface area contributed by atoms with Gasteiger partial charge in [0.05, 0.1) is 12.7 Å². The monoisotopic (exact) mass is 273 g/mol. The fraction of sp³-hybridized carbons (Fsp3) is 0.429. The average Bonchev–Trinajstić information content (AvgIpc) is 2.35. The molecule has 5 heteroatoms. The molecule has 0 heterocycles. The fourth-order valence-electron chi connectivity index (χ4n) is 1.72. The van der Waals surface area contributed by atoms with Crippen molar-refractivity contribution >= 4 is 5.69 Å². The third-order valence-corrected chi connectivity index (χ3v) is 2.74. The summed E-state index contributed by atoms with van der Waals surface area (Å²) in [4.78, 5) is 0. The number of hydrogen-bond acceptors (Lipinski definition) is 2. The highest BCUT2D eigenvalue weighted by atomic mass is 19.4. The third-order valence-electron chi connectivity index (χ3n) is 2.74. The number of methoxy groups -OCH3 is 1. The van der Waals surface area contributed by atoms with Crippen molar-refractivity contribution in [3.8, 4) is 5.75 Å². The van der Waals surface area contributed by atoms with Gasteiger partial charge in [0.2, 0.25) is 0 Å². The van der Waals surface area contributed by atoms with Crippen LogP contribution < -0.4 is 10.1 Å². The van der Waals surface area contributed by atoms with Crippen LogP contribution >= 0.6 is 0 Å². The van der Waals surface area contributed by atoms with Gasteiger partial charge in [0.15, 0.2) is 0 Å². The van der Waals surface area contributed by atoms with Crippen LogP contribution in [-0.2, 0) is 6.18 Å². The maximum Gasteiger partial charge on any atom is 0.418 e. The lowest BCUT2D eigenvalue weighted by Crippen LogP contribution is -2.18. The average molecular weight is 273 g/mol. The molecular formula is C14H18F3NO. The number of rotatable bonds is 6. The molecule has 0 saturated carbocycles. The second-order valence-electron chi connectivity index (χ2n) is 4.32. The molecule has 19 heavy (non-hydrogen) atoms. The standard InChI is InChI=1S/C14H18F3NO/c1-4-5-6-10(2)18-13-8-7-11(19-3)9-12(13)14(15,16)17/h4,7-10,18H,1,5-6H2,2-3H3. The highest BCUT2D eigenvalue weighted by Crippen LogP contribution is 2.37. The summed E-state index contributed by atoms with van der Waals surface area (Å²) in [7, 11) is 1.34. The van der Waals surface area contributed by atoms with Crippen molar-refractivity contribution in [3.05, 3.63) is 36.4 Å². The molecule has 1 unspecified atom stereocenters. The Morgan fingerprint density at radius 2 is 2.11 bits per heavy atom. The van der Waals surface area contributed by atoms with Crippen molar-refractivity contribution in [1.82, 2.24) is 0 Å². The molecule has 1 atom stereocenters. The summed E-state index contributed by atoms with van der Waals surface area (Å²) in [6.45, 7) is 5.44. The number of halogens is 3. The molecule has 0 spiro atoms. The zero-order valence-electron chi connectivity index (χ0n) is 11.1. The van der Waals surface area contributed by atoms with Crippen LogP contribution in [0.5, 0.6) is 5.75 Å². The second-order valence-corrected chi connectivity index (χ2v) is 4.32. The van der Waals surface area contributed by atoms with Gasteiger partial charge >= 0.3 is 6.18 Å². The van der Waals surface area contributed by atoms with Gasteiger partial charge < -0.3 is 10.1 Å². The number of nitrogens with one attached hydrogen (secondary N) is 1. The highest BCUT2D eigenvalue weighted by molar-refractivity contribution is 5.56. The molecule has 1 rings (SSSR count). The molecule has 0 aliphatic rings. The number of allylic oxidation sites excluding steroid dienone is 1. The Balaban J connectivity index is 2.96. The molecule has 1 N–H and O–H groups in total. The van der Waals surface area contributed by atoms with Crippen LogP contribution in [0.4, 0.5) is 18.9 Å². The largest absolute Gasteiger partial charge is 0.497 e. The molecule has 106 valence electrons. The maximum atomic E-state index is 13.0. The van der Waals surface area contributed by atoms with E-state index in [1.54, 1.807) is 6.08 Å². The zero-order chi connectivity index (χ0) is 14.5. The summed E-state index contributed by atoms with van der Waals surface area (Å²) in [5.41, 5.74) is -0.637. The molecular weight excluding hydrogens is 255 g/mol. The van der Waals surface area contributed by atoms with E-state index in [2.05, 4.69) is 11.9 Å². The van der Waals surface area contributed by atoms with Gasteiger partial charge in [-0.3, -0.25) is 0 Å². The highest BCUT2D eigenvalue weighted by Gasteiger charge is 2.34. The van der Waals surface area contributed by atoms with Gasteiger partial charge in [-0.1, -0.05) is 6.08 Å². The van der Waals surface area contributed by atoms with E-state index in [9.17, 15) is 13.2 Å². The minimum absolute atomic E-state index is 0.0625. The molecule has 0 saturated heterocycles. The topological polar surface area (TPSA) is 21.3 Å². The Labute approximate surface area is 111 Å². The summed E-state index contributed by atoms with van der Waals surface area (Å²) >= 11 is 0. The zero-order valence-corrected chi connectivity index (χ0v) is 11.1. The minimum Gasteiger partial charge on any atom is -0.497 e. The lowest BCUT2D eigenvalue weighted by molar-refractivity contribution is -0.137. The maximum absolute atomic E-state index is 13.0. The lowest BCUT2D eigenvalue weighted by Gasteiger charge is -2.19. The third kappa shape index (κ3) is 4.50. The molecule has 1 aromatic rings. The molecule has 2 nitrogen and oxygen atoms in total. The molecule has 0 aliphatic heterocycles. The van der Waals surface area contributed by atoms with Gasteiger partial charge in [-0.25, -0.2) is 0 Å². The normalized spacial score (nSPS) is 12.9. The number of benzene rings is 1. The van der Waals surface area contributed by atoms with Crippen LogP contribution in [-0.4, -0.2) is 13.2 Å². The van der Waals surface area contributed by atoms with E-state index in [-0.39, 0.29) is 17.5 Å². The van der Waals surface area contributed by atoms with Gasteiger partial charge in [0.25, 0.3) is 0 Å². The van der Waals surface area contributed by atoms with Crippen LogP contribution in [0.2, 0.25) is 0 Å². The molecule has 0 fully saturated rings. The SMILES string of the molecule is C=CCCC(C)Nc1ccc(OC)cc1C(F)(F)F. The number of alkyl halides is 3. The summed E-state index contributed by atoms with van der Waals surface area (Å²) in [6, 6.07) is 3.85. The van der Waals surface area contributed by atoms with E-state index in [4.69, 9.17) is 4.74 Å². The van der Waals surface area contributed by atoms with E-state index >= 15 is 0 Å². The van der Waals surface area contributed by atoms with Gasteiger partial charge in [-0.15, -0.1) is 6.58 Å². The van der Waals surface area contributed by atoms with Crippen LogP contribution in [0.25, 0.3) is 0 Å². The van der Waals surface area contributed by atoms with Crippen LogP contribution in [0.1, 0.15) is 25.3 Å². The van der Waals surface area contributed by atoms with E-state index in [1.807, 2.05) is 6.92 Å². The first kappa shape index (κ1) is 15.4. The first-order valence-electron chi connectivity index (χ1n) is 6.01. The Hall–Kier alpha value is -1.65. The molecule has 0 bridgehead atoms. The van der Waals surface area contributed by atoms with Crippen molar-refractivity contribution < 1.29 is 17.9 Å². The number of hydrogen-bond donors (Lipinski definition) is 1. The Morgan fingerprint density at radius 3 is 2.63 bits per heavy atom. The van der Waals surface area contributed by atoms with E-state index in [1.165, 1.54) is 19.2 Å². The van der Waals surface area contributed by atoms with Gasteiger partial charge in [0.1, 0.15) is 5.75 Å². The Morgan fingerprint density at radius 1 is 1.42 bits per heavy atom. The molecule has 0 aliphatic carbocycles. The first-order chi connectivity index (χ1) is 8.88. The predicted octanol–water partition coefficient (Wildman–Crippen LogP) is 4.48. The van der Waals surface area contributed by atoms with Gasteiger partial charge in [-0.05, 0) is 38.0 Å². The molecule has 0 amide bonds. The Bertz CT molecular complexity index is 429. The fourth-order valence-corrected chi connectivity index (χ4v) is 1.72. The van der Waals surface area contributed by atoms with Crippen molar-refractivity contribution in [2.24, 2.45) is 0 Å². The predicted molar refractivity (Wildman–Crippen MR) is 70.5 cm³/mol. The van der Waals surface area contributed by atoms with Crippen molar-refractivity contribution in [2.75, 3.05) is 12.4 Å². The minimum atomic E-state index is -4.41. The summed E-state index contributed by atoms with van der Waals surface area (Å²) in [6.07, 6.45) is -1.18. The number of ether oxygens (including phenoxy) is 1. The van der Waals surface area contributed by atoms with Crippen molar-refractivity contribution in [2.45, 2.75) is 32.0 Å². The summed E-state index contributed by atoms with van der Waals surface area (Å²) < 4.78 is 43.7. The second kappa shape index (κ2) is 6.50. The van der Waals surface area contributed by atoms with Crippen LogP contribution in [0.15, 0.2) is 30.9 Å². The van der Waals surface area contributed by atoms with Crippen LogP contribution in [0.3, 0.4) is 0 Å². The van der Waals surface area contributed by atoms with E-state index in [0.717, 1.165) is 18.9 Å². The van der Waals surface area contributed by atoms with E-state index in [0.29, 0.717) is 0 Å². The van der Waals surface area contributed by atoms with Gasteiger partial charge in [-0.2, -0.15) is 13.2 Å².